The summed E-state index contributed by atoms with van der Waals surface area (Å²) < 4.78 is 0. The predicted molar refractivity (Wildman–Crippen MR) is 71.3 cm³/mol. The van der Waals surface area contributed by atoms with E-state index in [0.29, 0.717) is 11.1 Å². The van der Waals surface area contributed by atoms with Gasteiger partial charge in [-0.05, 0) is 43.2 Å². The zero-order valence-corrected chi connectivity index (χ0v) is 10.7. The van der Waals surface area contributed by atoms with Gasteiger partial charge in [-0.25, -0.2) is 4.98 Å². The van der Waals surface area contributed by atoms with Crippen molar-refractivity contribution >= 4 is 5.82 Å². The molecule has 0 unspecified atom stereocenters. The number of aromatic nitrogens is 1. The van der Waals surface area contributed by atoms with Gasteiger partial charge in [0, 0.05) is 13.1 Å². The summed E-state index contributed by atoms with van der Waals surface area (Å²) in [6, 6.07) is 7.84. The van der Waals surface area contributed by atoms with Gasteiger partial charge in [0.1, 0.15) is 17.6 Å². The van der Waals surface area contributed by atoms with Gasteiger partial charge >= 0.3 is 0 Å². The number of rotatable bonds is 1. The first-order valence-electron chi connectivity index (χ1n) is 6.94. The maximum Gasteiger partial charge on any atom is 0.142 e. The minimum atomic E-state index is 0.522. The second-order valence-corrected chi connectivity index (χ2v) is 5.69. The van der Waals surface area contributed by atoms with Crippen molar-refractivity contribution in [1.82, 2.24) is 4.98 Å². The van der Waals surface area contributed by atoms with E-state index >= 15 is 0 Å². The second kappa shape index (κ2) is 4.61. The van der Waals surface area contributed by atoms with E-state index in [9.17, 15) is 0 Å². The Morgan fingerprint density at radius 3 is 2.50 bits per heavy atom. The fourth-order valence-electron chi connectivity index (χ4n) is 3.50. The third kappa shape index (κ3) is 2.08. The van der Waals surface area contributed by atoms with Crippen LogP contribution < -0.4 is 4.90 Å². The first-order valence-corrected chi connectivity index (χ1v) is 6.94. The second-order valence-electron chi connectivity index (χ2n) is 5.69. The summed E-state index contributed by atoms with van der Waals surface area (Å²) in [6.07, 6.45) is 8.28. The monoisotopic (exact) mass is 241 g/mol. The Labute approximate surface area is 108 Å². The van der Waals surface area contributed by atoms with Crippen LogP contribution in [0.4, 0.5) is 5.82 Å². The lowest BCUT2D eigenvalue weighted by atomic mass is 9.77. The van der Waals surface area contributed by atoms with Crippen molar-refractivity contribution < 1.29 is 0 Å². The molecule has 0 atom stereocenters. The summed E-state index contributed by atoms with van der Waals surface area (Å²) in [5.74, 6) is 0.974. The largest absolute Gasteiger partial charge is 0.357 e. The fraction of sp³-hybridized carbons (Fsp3) is 0.600. The van der Waals surface area contributed by atoms with Crippen LogP contribution in [0.15, 0.2) is 18.2 Å². The highest BCUT2D eigenvalue weighted by Crippen LogP contribution is 2.46. The highest BCUT2D eigenvalue weighted by molar-refractivity contribution is 5.42. The van der Waals surface area contributed by atoms with Crippen LogP contribution in [0.1, 0.15) is 44.2 Å². The maximum atomic E-state index is 8.90. The maximum absolute atomic E-state index is 8.90. The number of pyridine rings is 1. The molecule has 0 radical (unpaired) electrons. The summed E-state index contributed by atoms with van der Waals surface area (Å²) in [6.45, 7) is 2.20. The number of nitriles is 1. The van der Waals surface area contributed by atoms with E-state index in [1.165, 1.54) is 38.5 Å². The van der Waals surface area contributed by atoms with Crippen LogP contribution in [0.5, 0.6) is 0 Å². The Hall–Kier alpha value is -1.56. The SMILES string of the molecule is N#Cc1cccc(N2CCC3(CCCC3)CC2)n1. The number of hydrogen-bond acceptors (Lipinski definition) is 3. The topological polar surface area (TPSA) is 39.9 Å². The van der Waals surface area contributed by atoms with Gasteiger partial charge in [-0.2, -0.15) is 5.26 Å². The van der Waals surface area contributed by atoms with E-state index in [4.69, 9.17) is 5.26 Å². The molecule has 2 heterocycles. The summed E-state index contributed by atoms with van der Waals surface area (Å²) in [5.41, 5.74) is 1.16. The Balaban J connectivity index is 1.70. The number of hydrogen-bond donors (Lipinski definition) is 0. The average molecular weight is 241 g/mol. The third-order valence-corrected chi connectivity index (χ3v) is 4.66. The van der Waals surface area contributed by atoms with Crippen LogP contribution in [-0.4, -0.2) is 18.1 Å². The summed E-state index contributed by atoms with van der Waals surface area (Å²) in [4.78, 5) is 6.73. The molecule has 0 aromatic carbocycles. The Morgan fingerprint density at radius 1 is 1.11 bits per heavy atom. The van der Waals surface area contributed by atoms with E-state index < -0.39 is 0 Å². The molecule has 1 aromatic rings. The van der Waals surface area contributed by atoms with Gasteiger partial charge in [-0.3, -0.25) is 0 Å². The molecule has 1 aliphatic carbocycles. The van der Waals surface area contributed by atoms with Gasteiger partial charge in [-0.1, -0.05) is 18.9 Å². The van der Waals surface area contributed by atoms with Crippen molar-refractivity contribution in [3.63, 3.8) is 0 Å². The standard InChI is InChI=1S/C15H19N3/c16-12-13-4-3-5-14(17-13)18-10-8-15(9-11-18)6-1-2-7-15/h3-5H,1-2,6-11H2. The molecule has 0 N–H and O–H groups in total. The quantitative estimate of drug-likeness (QED) is 0.758. The highest BCUT2D eigenvalue weighted by Gasteiger charge is 2.37. The first kappa shape index (κ1) is 11.5. The van der Waals surface area contributed by atoms with Crippen molar-refractivity contribution in [2.45, 2.75) is 38.5 Å². The van der Waals surface area contributed by atoms with Crippen LogP contribution in [0, 0.1) is 16.7 Å². The van der Waals surface area contributed by atoms with Crippen molar-refractivity contribution in [3.8, 4) is 6.07 Å². The van der Waals surface area contributed by atoms with E-state index in [0.717, 1.165) is 18.9 Å². The molecule has 2 fully saturated rings. The molecule has 1 saturated carbocycles. The Bertz CT molecular complexity index is 459. The molecule has 0 amide bonds. The van der Waals surface area contributed by atoms with Gasteiger partial charge in [0.05, 0.1) is 0 Å². The molecule has 0 bridgehead atoms. The first-order chi connectivity index (χ1) is 8.81. The molecule has 1 spiro atoms. The molecule has 1 saturated heterocycles. The zero-order chi connectivity index (χ0) is 12.4. The smallest absolute Gasteiger partial charge is 0.142 e. The average Bonchev–Trinajstić information content (AvgIpc) is 2.88. The third-order valence-electron chi connectivity index (χ3n) is 4.66. The van der Waals surface area contributed by atoms with Gasteiger partial charge in [-0.15, -0.1) is 0 Å². The van der Waals surface area contributed by atoms with E-state index in [1.54, 1.807) is 6.07 Å². The lowest BCUT2D eigenvalue weighted by Crippen LogP contribution is -2.39. The van der Waals surface area contributed by atoms with Crippen molar-refractivity contribution in [3.05, 3.63) is 23.9 Å². The highest BCUT2D eigenvalue weighted by atomic mass is 15.2. The Morgan fingerprint density at radius 2 is 1.83 bits per heavy atom. The lowest BCUT2D eigenvalue weighted by Gasteiger charge is -2.40. The van der Waals surface area contributed by atoms with Crippen LogP contribution in [0.3, 0.4) is 0 Å². The number of nitrogens with zero attached hydrogens (tertiary/aromatic N) is 3. The minimum Gasteiger partial charge on any atom is -0.357 e. The molecule has 1 aromatic heterocycles. The summed E-state index contributed by atoms with van der Waals surface area (Å²) in [7, 11) is 0. The van der Waals surface area contributed by atoms with Crippen LogP contribution in [-0.2, 0) is 0 Å². The predicted octanol–water partition coefficient (Wildman–Crippen LogP) is 3.11. The normalized spacial score (nSPS) is 22.1. The van der Waals surface area contributed by atoms with Gasteiger partial charge in [0.2, 0.25) is 0 Å². The summed E-state index contributed by atoms with van der Waals surface area (Å²) in [5, 5.41) is 8.90. The fourth-order valence-corrected chi connectivity index (χ4v) is 3.50. The van der Waals surface area contributed by atoms with E-state index in [2.05, 4.69) is 16.0 Å². The molecular formula is C15H19N3. The van der Waals surface area contributed by atoms with Crippen LogP contribution in [0.25, 0.3) is 0 Å². The van der Waals surface area contributed by atoms with E-state index in [1.807, 2.05) is 12.1 Å². The van der Waals surface area contributed by atoms with Gasteiger partial charge in [0.25, 0.3) is 0 Å². The molecule has 18 heavy (non-hydrogen) atoms. The molecule has 3 nitrogen and oxygen atoms in total. The number of piperidine rings is 1. The number of anilines is 1. The summed E-state index contributed by atoms with van der Waals surface area (Å²) >= 11 is 0. The van der Waals surface area contributed by atoms with Gasteiger partial charge in [0.15, 0.2) is 0 Å². The van der Waals surface area contributed by atoms with Crippen LogP contribution >= 0.6 is 0 Å². The lowest BCUT2D eigenvalue weighted by molar-refractivity contribution is 0.226. The molecular weight excluding hydrogens is 222 g/mol. The molecule has 3 rings (SSSR count). The Kier molecular flexibility index (Phi) is 2.95. The van der Waals surface area contributed by atoms with Crippen molar-refractivity contribution in [2.24, 2.45) is 5.41 Å². The minimum absolute atomic E-state index is 0.522. The van der Waals surface area contributed by atoms with E-state index in [-0.39, 0.29) is 0 Å². The molecule has 1 aliphatic heterocycles. The van der Waals surface area contributed by atoms with Crippen molar-refractivity contribution in [2.75, 3.05) is 18.0 Å². The molecule has 94 valence electrons. The molecule has 3 heteroatoms. The molecule has 2 aliphatic rings. The van der Waals surface area contributed by atoms with Crippen LogP contribution in [0.2, 0.25) is 0 Å². The van der Waals surface area contributed by atoms with Gasteiger partial charge < -0.3 is 4.90 Å². The van der Waals surface area contributed by atoms with Crippen molar-refractivity contribution in [1.29, 1.82) is 5.26 Å². The zero-order valence-electron chi connectivity index (χ0n) is 10.7.